The summed E-state index contributed by atoms with van der Waals surface area (Å²) >= 11 is 1.00. The molecule has 2 heterocycles. The van der Waals surface area contributed by atoms with Crippen molar-refractivity contribution in [3.63, 3.8) is 0 Å². The molecule has 0 bridgehead atoms. The Hall–Kier alpha value is -2.89. The van der Waals surface area contributed by atoms with Crippen molar-refractivity contribution in [3.8, 4) is 11.3 Å². The van der Waals surface area contributed by atoms with Gasteiger partial charge in [0.2, 0.25) is 15.9 Å². The predicted octanol–water partition coefficient (Wildman–Crippen LogP) is 2.70. The van der Waals surface area contributed by atoms with Gasteiger partial charge in [0.15, 0.2) is 4.90 Å². The highest BCUT2D eigenvalue weighted by Gasteiger charge is 2.34. The number of hydrogen-bond acceptors (Lipinski definition) is 5. The van der Waals surface area contributed by atoms with Gasteiger partial charge in [0.25, 0.3) is 0 Å². The molecule has 0 unspecified atom stereocenters. The van der Waals surface area contributed by atoms with Crippen LogP contribution in [0.25, 0.3) is 11.3 Å². The van der Waals surface area contributed by atoms with Gasteiger partial charge in [0.05, 0.1) is 5.69 Å². The Balaban J connectivity index is 1.46. The molecule has 0 aliphatic carbocycles. The van der Waals surface area contributed by atoms with Gasteiger partial charge in [-0.2, -0.15) is 4.31 Å². The first-order chi connectivity index (χ1) is 15.7. The molecule has 0 saturated carbocycles. The third-order valence-electron chi connectivity index (χ3n) is 5.53. The van der Waals surface area contributed by atoms with E-state index in [1.807, 2.05) is 31.2 Å². The number of carbonyl (C=O) groups excluding carboxylic acids is 1. The number of benzene rings is 2. The number of aromatic nitrogens is 1. The number of amides is 1. The first-order valence-electron chi connectivity index (χ1n) is 10.2. The van der Waals surface area contributed by atoms with Crippen LogP contribution in [0.4, 0.5) is 8.78 Å². The summed E-state index contributed by atoms with van der Waals surface area (Å²) in [7, 11) is -4.38. The molecule has 3 aromatic rings. The Labute approximate surface area is 193 Å². The minimum absolute atomic E-state index is 0.0485. The minimum Gasteiger partial charge on any atom is -0.338 e. The number of hydrogen-bond donors (Lipinski definition) is 0. The van der Waals surface area contributed by atoms with Crippen LogP contribution >= 0.6 is 11.3 Å². The number of aryl methyl sites for hydroxylation is 1. The van der Waals surface area contributed by atoms with E-state index in [0.29, 0.717) is 5.69 Å². The second kappa shape index (κ2) is 9.16. The second-order valence-corrected chi connectivity index (χ2v) is 10.4. The van der Waals surface area contributed by atoms with Gasteiger partial charge in [-0.15, -0.1) is 0 Å². The molecule has 174 valence electrons. The molecule has 1 aliphatic rings. The summed E-state index contributed by atoms with van der Waals surface area (Å²) in [6.07, 6.45) is 0. The third kappa shape index (κ3) is 4.61. The van der Waals surface area contributed by atoms with Gasteiger partial charge in [-0.1, -0.05) is 47.2 Å². The zero-order valence-electron chi connectivity index (χ0n) is 17.7. The van der Waals surface area contributed by atoms with Crippen molar-refractivity contribution in [2.75, 3.05) is 26.2 Å². The van der Waals surface area contributed by atoms with Crippen molar-refractivity contribution in [2.45, 2.75) is 18.4 Å². The van der Waals surface area contributed by atoms with E-state index in [-0.39, 0.29) is 43.5 Å². The van der Waals surface area contributed by atoms with Crippen molar-refractivity contribution in [2.24, 2.45) is 0 Å². The number of rotatable bonds is 5. The Morgan fingerprint density at radius 2 is 1.61 bits per heavy atom. The monoisotopic (exact) mass is 493 g/mol. The first-order valence-corrected chi connectivity index (χ1v) is 12.5. The van der Waals surface area contributed by atoms with Gasteiger partial charge in [-0.05, 0) is 24.6 Å². The molecule has 0 spiro atoms. The summed E-state index contributed by atoms with van der Waals surface area (Å²) in [6, 6.07) is 10.5. The Kier molecular flexibility index (Phi) is 6.46. The van der Waals surface area contributed by atoms with E-state index < -0.39 is 26.6 Å². The van der Waals surface area contributed by atoms with E-state index in [0.717, 1.165) is 45.0 Å². The largest absolute Gasteiger partial charge is 0.338 e. The van der Waals surface area contributed by atoms with Crippen molar-refractivity contribution in [1.82, 2.24) is 13.8 Å². The average Bonchev–Trinajstić information content (AvgIpc) is 3.14. The molecule has 1 saturated heterocycles. The van der Waals surface area contributed by atoms with Crippen LogP contribution in [0.3, 0.4) is 0 Å². The smallest absolute Gasteiger partial charge is 0.308 e. The lowest BCUT2D eigenvalue weighted by atomic mass is 10.1. The molecule has 0 atom stereocenters. The molecule has 4 rings (SSSR count). The van der Waals surface area contributed by atoms with Gasteiger partial charge < -0.3 is 4.90 Å². The summed E-state index contributed by atoms with van der Waals surface area (Å²) in [5.41, 5.74) is 2.52. The molecule has 1 aromatic heterocycles. The molecule has 1 fully saturated rings. The van der Waals surface area contributed by atoms with Crippen LogP contribution in [0.15, 0.2) is 57.5 Å². The van der Waals surface area contributed by atoms with E-state index in [1.54, 1.807) is 5.38 Å². The van der Waals surface area contributed by atoms with Gasteiger partial charge >= 0.3 is 4.87 Å². The number of nitrogens with zero attached hydrogens (tertiary/aromatic N) is 3. The van der Waals surface area contributed by atoms with Gasteiger partial charge in [-0.25, -0.2) is 17.2 Å². The summed E-state index contributed by atoms with van der Waals surface area (Å²) in [6.45, 7) is 1.66. The molecule has 33 heavy (non-hydrogen) atoms. The van der Waals surface area contributed by atoms with Crippen molar-refractivity contribution in [1.29, 1.82) is 0 Å². The Morgan fingerprint density at radius 1 is 1.00 bits per heavy atom. The highest BCUT2D eigenvalue weighted by atomic mass is 32.2. The molecule has 0 radical (unpaired) electrons. The maximum Gasteiger partial charge on any atom is 0.308 e. The summed E-state index contributed by atoms with van der Waals surface area (Å²) in [5.74, 6) is -2.65. The van der Waals surface area contributed by atoms with Crippen LogP contribution in [0, 0.1) is 18.6 Å². The van der Waals surface area contributed by atoms with E-state index >= 15 is 0 Å². The molecular formula is C22H21F2N3O4S2. The molecule has 0 N–H and O–H groups in total. The first kappa shape index (κ1) is 23.3. The number of halogens is 2. The highest BCUT2D eigenvalue weighted by Crippen LogP contribution is 2.24. The fraction of sp³-hybridized carbons (Fsp3) is 0.273. The fourth-order valence-corrected chi connectivity index (χ4v) is 6.00. The lowest BCUT2D eigenvalue weighted by Crippen LogP contribution is -2.51. The van der Waals surface area contributed by atoms with E-state index in [4.69, 9.17) is 0 Å². The lowest BCUT2D eigenvalue weighted by Gasteiger charge is -2.34. The van der Waals surface area contributed by atoms with Crippen molar-refractivity contribution in [3.05, 3.63) is 74.7 Å². The topological polar surface area (TPSA) is 79.7 Å². The van der Waals surface area contributed by atoms with Crippen LogP contribution in [-0.4, -0.2) is 54.3 Å². The van der Waals surface area contributed by atoms with Crippen molar-refractivity contribution >= 4 is 27.3 Å². The predicted molar refractivity (Wildman–Crippen MR) is 120 cm³/mol. The molecule has 7 nitrogen and oxygen atoms in total. The zero-order valence-corrected chi connectivity index (χ0v) is 19.3. The Morgan fingerprint density at radius 3 is 2.21 bits per heavy atom. The van der Waals surface area contributed by atoms with Crippen LogP contribution in [-0.2, 0) is 21.4 Å². The summed E-state index contributed by atoms with van der Waals surface area (Å²) in [5, 5.41) is 1.70. The maximum absolute atomic E-state index is 14.0. The Bertz CT molecular complexity index is 1320. The molecule has 1 amide bonds. The molecule has 11 heteroatoms. The van der Waals surface area contributed by atoms with Crippen LogP contribution in [0.1, 0.15) is 5.56 Å². The quantitative estimate of drug-likeness (QED) is 0.548. The van der Waals surface area contributed by atoms with E-state index in [9.17, 15) is 26.8 Å². The molecule has 2 aromatic carbocycles. The standard InChI is InChI=1S/C22H21F2N3O4S2/c1-15-5-7-16(8-6-15)19-14-32-22(29)27(19)13-20(28)25-9-11-26(12-10-25)33(30,31)21-17(23)3-2-4-18(21)24/h2-8,14H,9-13H2,1H3. The SMILES string of the molecule is Cc1ccc(-c2csc(=O)n2CC(=O)N2CCN(S(=O)(=O)c3c(F)cccc3F)CC2)cc1. The van der Waals surface area contributed by atoms with Gasteiger partial charge in [0.1, 0.15) is 18.2 Å². The lowest BCUT2D eigenvalue weighted by molar-refractivity contribution is -0.133. The zero-order chi connectivity index (χ0) is 23.8. The molecular weight excluding hydrogens is 472 g/mol. The minimum atomic E-state index is -4.38. The number of piperazine rings is 1. The average molecular weight is 494 g/mol. The second-order valence-electron chi connectivity index (χ2n) is 7.67. The van der Waals surface area contributed by atoms with Crippen molar-refractivity contribution < 1.29 is 22.0 Å². The van der Waals surface area contributed by atoms with E-state index in [1.165, 1.54) is 9.47 Å². The normalized spacial score (nSPS) is 15.1. The summed E-state index contributed by atoms with van der Waals surface area (Å²) in [4.78, 5) is 25.4. The fourth-order valence-electron chi connectivity index (χ4n) is 3.70. The van der Waals surface area contributed by atoms with E-state index in [2.05, 4.69) is 0 Å². The number of carbonyl (C=O) groups is 1. The van der Waals surface area contributed by atoms with Crippen LogP contribution in [0.2, 0.25) is 0 Å². The maximum atomic E-state index is 14.0. The van der Waals surface area contributed by atoms with Crippen LogP contribution in [0.5, 0.6) is 0 Å². The number of sulfonamides is 1. The molecule has 1 aliphatic heterocycles. The third-order valence-corrected chi connectivity index (χ3v) is 8.25. The number of thiazole rings is 1. The summed E-state index contributed by atoms with van der Waals surface area (Å²) < 4.78 is 55.9. The highest BCUT2D eigenvalue weighted by molar-refractivity contribution is 7.89. The van der Waals surface area contributed by atoms with Gasteiger partial charge in [0, 0.05) is 31.6 Å². The van der Waals surface area contributed by atoms with Gasteiger partial charge in [-0.3, -0.25) is 14.2 Å². The van der Waals surface area contributed by atoms with Crippen LogP contribution < -0.4 is 4.87 Å².